The molecule has 1 N–H and O–H groups in total. The third-order valence-corrected chi connectivity index (χ3v) is 2.58. The number of hydrogen-bond acceptors (Lipinski definition) is 2. The Morgan fingerprint density at radius 3 is 2.77 bits per heavy atom. The van der Waals surface area contributed by atoms with Crippen LogP contribution in [0.5, 0.6) is 5.75 Å². The summed E-state index contributed by atoms with van der Waals surface area (Å²) in [4.78, 5) is 11.6. The van der Waals surface area contributed by atoms with E-state index >= 15 is 0 Å². The summed E-state index contributed by atoms with van der Waals surface area (Å²) < 4.78 is 0. The zero-order chi connectivity index (χ0) is 9.59. The molecular weight excluding hydrogens is 164 g/mol. The second-order valence-electron chi connectivity index (χ2n) is 3.32. The minimum absolute atomic E-state index is 0.0367. The molecule has 1 unspecified atom stereocenters. The maximum absolute atomic E-state index is 11.6. The zero-order valence-corrected chi connectivity index (χ0v) is 7.37. The molecule has 0 amide bonds. The maximum atomic E-state index is 11.6. The molecule has 0 saturated carbocycles. The molecule has 66 valence electrons. The Labute approximate surface area is 76.5 Å². The van der Waals surface area contributed by atoms with Gasteiger partial charge >= 0.3 is 0 Å². The smallest absolute Gasteiger partial charge is 0.193 e. The summed E-state index contributed by atoms with van der Waals surface area (Å²) in [5.41, 5.74) is 1.88. The number of ketones is 1. The molecule has 0 saturated heterocycles. The van der Waals surface area contributed by atoms with Gasteiger partial charge in [0, 0.05) is 11.5 Å². The van der Waals surface area contributed by atoms with Gasteiger partial charge in [-0.2, -0.15) is 0 Å². The van der Waals surface area contributed by atoms with Crippen molar-refractivity contribution in [1.29, 1.82) is 0 Å². The highest BCUT2D eigenvalue weighted by atomic mass is 16.3. The largest absolute Gasteiger partial charge is 0.507 e. The summed E-state index contributed by atoms with van der Waals surface area (Å²) in [6.45, 7) is 5.63. The summed E-state index contributed by atoms with van der Waals surface area (Å²) in [6.07, 6.45) is 0. The van der Waals surface area contributed by atoms with Crippen LogP contribution in [0.3, 0.4) is 0 Å². The van der Waals surface area contributed by atoms with Crippen molar-refractivity contribution >= 4 is 5.78 Å². The molecular formula is C11H10O2. The normalized spacial score (nSPS) is 20.5. The first-order chi connectivity index (χ1) is 6.13. The number of hydrogen-bond donors (Lipinski definition) is 1. The monoisotopic (exact) mass is 174 g/mol. The predicted molar refractivity (Wildman–Crippen MR) is 50.0 cm³/mol. The highest BCUT2D eigenvalue weighted by Crippen LogP contribution is 2.39. The van der Waals surface area contributed by atoms with Crippen LogP contribution in [0, 0.1) is 0 Å². The van der Waals surface area contributed by atoms with Crippen molar-refractivity contribution in [3.05, 3.63) is 41.5 Å². The maximum Gasteiger partial charge on any atom is 0.193 e. The van der Waals surface area contributed by atoms with E-state index in [4.69, 9.17) is 0 Å². The van der Waals surface area contributed by atoms with E-state index in [9.17, 15) is 9.90 Å². The predicted octanol–water partition coefficient (Wildman–Crippen LogP) is 2.25. The van der Waals surface area contributed by atoms with Crippen molar-refractivity contribution in [3.63, 3.8) is 0 Å². The van der Waals surface area contributed by atoms with Crippen molar-refractivity contribution in [3.8, 4) is 5.75 Å². The summed E-state index contributed by atoms with van der Waals surface area (Å²) in [5, 5.41) is 9.48. The van der Waals surface area contributed by atoms with Gasteiger partial charge in [-0.05, 0) is 11.6 Å². The van der Waals surface area contributed by atoms with Crippen molar-refractivity contribution in [2.24, 2.45) is 0 Å². The fourth-order valence-electron chi connectivity index (χ4n) is 1.71. The lowest BCUT2D eigenvalue weighted by molar-refractivity contribution is 0.103. The average Bonchev–Trinajstić information content (AvgIpc) is 2.33. The molecule has 13 heavy (non-hydrogen) atoms. The molecule has 0 radical (unpaired) electrons. The summed E-state index contributed by atoms with van der Waals surface area (Å²) >= 11 is 0. The molecule has 0 spiro atoms. The van der Waals surface area contributed by atoms with Gasteiger partial charge in [0.2, 0.25) is 0 Å². The topological polar surface area (TPSA) is 37.3 Å². The van der Waals surface area contributed by atoms with E-state index < -0.39 is 0 Å². The van der Waals surface area contributed by atoms with E-state index in [0.717, 1.165) is 5.56 Å². The number of carbonyl (C=O) groups excluding carboxylic acids is 1. The number of carbonyl (C=O) groups is 1. The van der Waals surface area contributed by atoms with Crippen molar-refractivity contribution in [1.82, 2.24) is 0 Å². The molecule has 1 aromatic carbocycles. The number of phenolic OH excluding ortho intramolecular Hbond substituents is 1. The third kappa shape index (κ3) is 0.917. The molecule has 1 aromatic rings. The van der Waals surface area contributed by atoms with Crippen LogP contribution in [0.2, 0.25) is 0 Å². The van der Waals surface area contributed by atoms with Gasteiger partial charge in [0.1, 0.15) is 5.75 Å². The van der Waals surface area contributed by atoms with Gasteiger partial charge in [-0.3, -0.25) is 4.79 Å². The fraction of sp³-hybridized carbons (Fsp3) is 0.182. The van der Waals surface area contributed by atoms with Crippen LogP contribution in [0.15, 0.2) is 30.4 Å². The van der Waals surface area contributed by atoms with Crippen molar-refractivity contribution in [2.45, 2.75) is 12.8 Å². The summed E-state index contributed by atoms with van der Waals surface area (Å²) in [6, 6.07) is 5.13. The van der Waals surface area contributed by atoms with Crippen LogP contribution in [0.25, 0.3) is 0 Å². The van der Waals surface area contributed by atoms with E-state index in [0.29, 0.717) is 11.1 Å². The summed E-state index contributed by atoms with van der Waals surface area (Å²) in [7, 11) is 0. The van der Waals surface area contributed by atoms with Crippen LogP contribution in [0.4, 0.5) is 0 Å². The van der Waals surface area contributed by atoms with Crippen LogP contribution in [-0.4, -0.2) is 10.9 Å². The quantitative estimate of drug-likeness (QED) is 0.612. The van der Waals surface area contributed by atoms with E-state index in [-0.39, 0.29) is 17.5 Å². The Hall–Kier alpha value is -1.57. The van der Waals surface area contributed by atoms with E-state index in [1.807, 2.05) is 13.0 Å². The van der Waals surface area contributed by atoms with Gasteiger partial charge in [-0.15, -0.1) is 0 Å². The Morgan fingerprint density at radius 2 is 2.15 bits per heavy atom. The van der Waals surface area contributed by atoms with Gasteiger partial charge in [0.05, 0.1) is 5.56 Å². The number of Topliss-reactive ketones (excluding diaryl/α,β-unsaturated/α-hetero) is 1. The standard InChI is InChI=1S/C11H10O2/c1-6-7(2)11(13)10-8(6)4-3-5-9(10)12/h3-6,12H,2H2,1H3. The first-order valence-electron chi connectivity index (χ1n) is 4.18. The van der Waals surface area contributed by atoms with Gasteiger partial charge in [0.15, 0.2) is 5.78 Å². The SMILES string of the molecule is C=C1C(=O)c2c(O)cccc2C1C. The van der Waals surface area contributed by atoms with Crippen molar-refractivity contribution in [2.75, 3.05) is 0 Å². The summed E-state index contributed by atoms with van der Waals surface area (Å²) in [5.74, 6) is -0.0248. The number of allylic oxidation sites excluding steroid dienone is 1. The van der Waals surface area contributed by atoms with Gasteiger partial charge in [-0.1, -0.05) is 25.6 Å². The molecule has 0 fully saturated rings. The Morgan fingerprint density at radius 1 is 1.46 bits per heavy atom. The van der Waals surface area contributed by atoms with Gasteiger partial charge < -0.3 is 5.11 Å². The van der Waals surface area contributed by atoms with Gasteiger partial charge in [0.25, 0.3) is 0 Å². The van der Waals surface area contributed by atoms with Gasteiger partial charge in [-0.25, -0.2) is 0 Å². The molecule has 0 bridgehead atoms. The lowest BCUT2D eigenvalue weighted by Gasteiger charge is -2.02. The number of fused-ring (bicyclic) bond motifs is 1. The zero-order valence-electron chi connectivity index (χ0n) is 7.37. The van der Waals surface area contributed by atoms with Crippen LogP contribution >= 0.6 is 0 Å². The third-order valence-electron chi connectivity index (χ3n) is 2.58. The lowest BCUT2D eigenvalue weighted by atomic mass is 10.0. The molecule has 1 aliphatic rings. The molecule has 0 heterocycles. The molecule has 0 aromatic heterocycles. The first-order valence-corrected chi connectivity index (χ1v) is 4.18. The lowest BCUT2D eigenvalue weighted by Crippen LogP contribution is -1.94. The van der Waals surface area contributed by atoms with Crippen LogP contribution < -0.4 is 0 Å². The van der Waals surface area contributed by atoms with Crippen LogP contribution in [0.1, 0.15) is 28.8 Å². The van der Waals surface area contributed by atoms with Crippen molar-refractivity contribution < 1.29 is 9.90 Å². The fourth-order valence-corrected chi connectivity index (χ4v) is 1.71. The molecule has 2 heteroatoms. The number of aromatic hydroxyl groups is 1. The Kier molecular flexibility index (Phi) is 1.52. The first kappa shape index (κ1) is 8.05. The number of benzene rings is 1. The highest BCUT2D eigenvalue weighted by molar-refractivity contribution is 6.15. The molecule has 2 nitrogen and oxygen atoms in total. The second-order valence-corrected chi connectivity index (χ2v) is 3.32. The Balaban J connectivity index is 2.73. The van der Waals surface area contributed by atoms with E-state index in [1.54, 1.807) is 6.07 Å². The van der Waals surface area contributed by atoms with E-state index in [2.05, 4.69) is 6.58 Å². The highest BCUT2D eigenvalue weighted by Gasteiger charge is 2.32. The minimum atomic E-state index is -0.124. The van der Waals surface area contributed by atoms with Crippen LogP contribution in [-0.2, 0) is 0 Å². The number of rotatable bonds is 0. The second kappa shape index (κ2) is 2.46. The molecule has 0 aliphatic heterocycles. The number of phenols is 1. The molecule has 1 atom stereocenters. The van der Waals surface area contributed by atoms with E-state index in [1.165, 1.54) is 6.07 Å². The Bertz CT molecular complexity index is 405. The molecule has 1 aliphatic carbocycles. The minimum Gasteiger partial charge on any atom is -0.507 e. The average molecular weight is 174 g/mol. The molecule has 2 rings (SSSR count).